The van der Waals surface area contributed by atoms with Gasteiger partial charge in [0.25, 0.3) is 0 Å². The van der Waals surface area contributed by atoms with Gasteiger partial charge in [-0.2, -0.15) is 0 Å². The van der Waals surface area contributed by atoms with Crippen molar-refractivity contribution < 1.29 is 9.85 Å². The number of unbranched alkanes of at least 4 members (excludes halogenated alkanes) is 6. The zero-order chi connectivity index (χ0) is 22.5. The van der Waals surface area contributed by atoms with Crippen molar-refractivity contribution in [3.63, 3.8) is 0 Å². The highest BCUT2D eigenvalue weighted by Gasteiger charge is 2.31. The normalized spacial score (nSPS) is 10.5. The molecule has 0 saturated heterocycles. The van der Waals surface area contributed by atoms with Crippen molar-refractivity contribution in [3.05, 3.63) is 42.2 Å². The fourth-order valence-electron chi connectivity index (χ4n) is 3.05. The van der Waals surface area contributed by atoms with Gasteiger partial charge in [0.2, 0.25) is 0 Å². The highest BCUT2D eigenvalue weighted by atomic mass is 16.6. The maximum atomic E-state index is 11.5. The standard InChI is InChI=1S/C18H28N6O6/c1-3-5-7-9-11-21(19-25)15-13-16(22(20-26)12-10-8-6-4-2)18(24(29)30)14-17(15)23(27)28/h13-14H,3-12H2,1-2H3. The number of nitrogens with zero attached hydrogens (tertiary/aromatic N) is 6. The van der Waals surface area contributed by atoms with Gasteiger partial charge in [0.05, 0.1) is 26.5 Å². The van der Waals surface area contributed by atoms with Crippen molar-refractivity contribution in [2.75, 3.05) is 23.1 Å². The number of benzene rings is 1. The van der Waals surface area contributed by atoms with E-state index in [0.717, 1.165) is 60.7 Å². The molecule has 0 amide bonds. The highest BCUT2D eigenvalue weighted by Crippen LogP contribution is 2.40. The van der Waals surface area contributed by atoms with Gasteiger partial charge in [-0.3, -0.25) is 20.2 Å². The summed E-state index contributed by atoms with van der Waals surface area (Å²) in [6.07, 6.45) is 6.53. The van der Waals surface area contributed by atoms with Crippen molar-refractivity contribution >= 4 is 22.7 Å². The summed E-state index contributed by atoms with van der Waals surface area (Å²) in [5.74, 6) is 0. The highest BCUT2D eigenvalue weighted by molar-refractivity contribution is 5.78. The molecule has 166 valence electrons. The van der Waals surface area contributed by atoms with Gasteiger partial charge >= 0.3 is 11.4 Å². The van der Waals surface area contributed by atoms with Crippen LogP contribution in [0.4, 0.5) is 22.7 Å². The predicted molar refractivity (Wildman–Crippen MR) is 114 cm³/mol. The maximum Gasteiger partial charge on any atom is 0.301 e. The SMILES string of the molecule is CCCCCCN(N=O)c1cc(N(CCCCCC)N=O)c([N+](=O)[O-])cc1[N+](=O)[O-]. The number of rotatable bonds is 16. The summed E-state index contributed by atoms with van der Waals surface area (Å²) in [6.45, 7) is 4.27. The molecule has 0 unspecified atom stereocenters. The molecule has 0 radical (unpaired) electrons. The van der Waals surface area contributed by atoms with E-state index in [1.165, 1.54) is 0 Å². The first-order valence-corrected chi connectivity index (χ1v) is 10.1. The molecule has 0 saturated carbocycles. The third kappa shape index (κ3) is 7.01. The molecule has 30 heavy (non-hydrogen) atoms. The first-order chi connectivity index (χ1) is 14.4. The Labute approximate surface area is 174 Å². The van der Waals surface area contributed by atoms with Crippen molar-refractivity contribution in [3.8, 4) is 0 Å². The second-order valence-electron chi connectivity index (χ2n) is 6.87. The topological polar surface area (TPSA) is 152 Å². The average Bonchev–Trinajstić information content (AvgIpc) is 2.73. The molecule has 0 spiro atoms. The molecule has 0 heterocycles. The largest absolute Gasteiger partial charge is 0.301 e. The van der Waals surface area contributed by atoms with Crippen LogP contribution >= 0.6 is 0 Å². The third-order valence-electron chi connectivity index (χ3n) is 4.67. The van der Waals surface area contributed by atoms with Gasteiger partial charge in [-0.25, -0.2) is 10.0 Å². The Bertz CT molecular complexity index is 687. The lowest BCUT2D eigenvalue weighted by molar-refractivity contribution is -0.393. The molecule has 0 bridgehead atoms. The van der Waals surface area contributed by atoms with Crippen molar-refractivity contribution in [1.82, 2.24) is 0 Å². The van der Waals surface area contributed by atoms with Crippen LogP contribution < -0.4 is 10.0 Å². The Morgan fingerprint density at radius 3 is 1.43 bits per heavy atom. The smallest absolute Gasteiger partial charge is 0.258 e. The average molecular weight is 424 g/mol. The van der Waals surface area contributed by atoms with Crippen LogP contribution in [-0.4, -0.2) is 22.9 Å². The summed E-state index contributed by atoms with van der Waals surface area (Å²) in [4.78, 5) is 44.1. The van der Waals surface area contributed by atoms with E-state index in [1.54, 1.807) is 0 Å². The molecule has 0 atom stereocenters. The number of anilines is 2. The van der Waals surface area contributed by atoms with E-state index in [0.29, 0.717) is 12.8 Å². The molecule has 0 aliphatic rings. The minimum atomic E-state index is -0.809. The van der Waals surface area contributed by atoms with E-state index >= 15 is 0 Å². The lowest BCUT2D eigenvalue weighted by Crippen LogP contribution is -2.21. The first kappa shape index (κ1) is 24.9. The zero-order valence-corrected chi connectivity index (χ0v) is 17.4. The lowest BCUT2D eigenvalue weighted by atomic mass is 10.1. The van der Waals surface area contributed by atoms with Gasteiger partial charge in [-0.05, 0) is 12.8 Å². The van der Waals surface area contributed by atoms with Crippen molar-refractivity contribution in [1.29, 1.82) is 0 Å². The molecular formula is C18H28N6O6. The molecule has 1 rings (SSSR count). The van der Waals surface area contributed by atoms with Crippen LogP contribution in [0.3, 0.4) is 0 Å². The van der Waals surface area contributed by atoms with E-state index in [-0.39, 0.29) is 24.5 Å². The van der Waals surface area contributed by atoms with Crippen LogP contribution in [0.5, 0.6) is 0 Å². The number of nitro benzene ring substituents is 2. The first-order valence-electron chi connectivity index (χ1n) is 10.1. The van der Waals surface area contributed by atoms with E-state index in [9.17, 15) is 30.0 Å². The quantitative estimate of drug-likeness (QED) is 0.143. The van der Waals surface area contributed by atoms with Crippen LogP contribution in [0, 0.1) is 30.0 Å². The number of hydrogen-bond donors (Lipinski definition) is 0. The Morgan fingerprint density at radius 1 is 0.733 bits per heavy atom. The van der Waals surface area contributed by atoms with Crippen LogP contribution in [0.15, 0.2) is 22.7 Å². The molecule has 0 aliphatic heterocycles. The molecule has 0 N–H and O–H groups in total. The van der Waals surface area contributed by atoms with E-state index in [2.05, 4.69) is 10.6 Å². The Balaban J connectivity index is 3.36. The second-order valence-corrected chi connectivity index (χ2v) is 6.87. The fourth-order valence-corrected chi connectivity index (χ4v) is 3.05. The molecule has 1 aromatic carbocycles. The van der Waals surface area contributed by atoms with Crippen LogP contribution in [0.2, 0.25) is 0 Å². The summed E-state index contributed by atoms with van der Waals surface area (Å²) in [5, 5.41) is 30.5. The third-order valence-corrected chi connectivity index (χ3v) is 4.67. The maximum absolute atomic E-state index is 11.5. The van der Waals surface area contributed by atoms with Crippen LogP contribution in [-0.2, 0) is 0 Å². The van der Waals surface area contributed by atoms with Crippen LogP contribution in [0.25, 0.3) is 0 Å². The fraction of sp³-hybridized carbons (Fsp3) is 0.667. The summed E-state index contributed by atoms with van der Waals surface area (Å²) < 4.78 is 0. The minimum Gasteiger partial charge on any atom is -0.258 e. The Kier molecular flexibility index (Phi) is 10.9. The van der Waals surface area contributed by atoms with Gasteiger partial charge in [0, 0.05) is 19.2 Å². The minimum absolute atomic E-state index is 0.118. The van der Waals surface area contributed by atoms with Crippen molar-refractivity contribution in [2.45, 2.75) is 65.2 Å². The molecule has 0 aromatic heterocycles. The number of nitroso groups, excluding NO2 is 2. The molecule has 0 aliphatic carbocycles. The van der Waals surface area contributed by atoms with E-state index in [1.807, 2.05) is 13.8 Å². The summed E-state index contributed by atoms with van der Waals surface area (Å²) in [5.41, 5.74) is -1.65. The second kappa shape index (κ2) is 13.1. The predicted octanol–water partition coefficient (Wildman–Crippen LogP) is 5.64. The van der Waals surface area contributed by atoms with Gasteiger partial charge in [0.1, 0.15) is 11.4 Å². The van der Waals surface area contributed by atoms with E-state index in [4.69, 9.17) is 0 Å². The summed E-state index contributed by atoms with van der Waals surface area (Å²) in [7, 11) is 0. The van der Waals surface area contributed by atoms with Gasteiger partial charge in [0.15, 0.2) is 0 Å². The molecule has 12 heteroatoms. The monoisotopic (exact) mass is 424 g/mol. The van der Waals surface area contributed by atoms with Gasteiger partial charge in [-0.15, -0.1) is 9.81 Å². The molecule has 0 fully saturated rings. The van der Waals surface area contributed by atoms with Crippen molar-refractivity contribution in [2.24, 2.45) is 10.6 Å². The van der Waals surface area contributed by atoms with E-state index < -0.39 is 21.2 Å². The molecule has 1 aromatic rings. The number of nitro groups is 2. The Hall–Kier alpha value is -3.18. The summed E-state index contributed by atoms with van der Waals surface area (Å²) in [6, 6.07) is 1.83. The van der Waals surface area contributed by atoms with Gasteiger partial charge < -0.3 is 0 Å². The summed E-state index contributed by atoms with van der Waals surface area (Å²) >= 11 is 0. The Morgan fingerprint density at radius 2 is 1.13 bits per heavy atom. The van der Waals surface area contributed by atoms with Crippen LogP contribution in [0.1, 0.15) is 65.2 Å². The molecular weight excluding hydrogens is 396 g/mol. The number of hydrogen-bond acceptors (Lipinski definition) is 8. The van der Waals surface area contributed by atoms with Gasteiger partial charge in [-0.1, -0.05) is 52.4 Å². The molecule has 12 nitrogen and oxygen atoms in total. The lowest BCUT2D eigenvalue weighted by Gasteiger charge is -2.19. The zero-order valence-electron chi connectivity index (χ0n) is 17.4.